The van der Waals surface area contributed by atoms with Crippen LogP contribution in [0.15, 0.2) is 109 Å². The molecule has 6 nitrogen and oxygen atoms in total. The number of ether oxygens (including phenoxy) is 1. The van der Waals surface area contributed by atoms with E-state index in [0.29, 0.717) is 13.2 Å². The predicted octanol–water partition coefficient (Wildman–Crippen LogP) is 2.21. The zero-order valence-electron chi connectivity index (χ0n) is 24.5. The van der Waals surface area contributed by atoms with Crippen molar-refractivity contribution in [3.63, 3.8) is 0 Å². The minimum Gasteiger partial charge on any atom is -0.457 e. The van der Waals surface area contributed by atoms with Crippen LogP contribution in [0.3, 0.4) is 0 Å². The standard InChI is InChI=1S/C33H40B2N2O4/c1-36(2)23-24-39-34(27-11-7-5-8-12-27)29-15-19-32(20-16-29)41-33-21-17-30(18-22-33)35(28-13-9-6-10-14-28)40-26-31(25-38)37(3)4/h5-22,31,38H,23-26H2,1-4H3. The first-order valence-corrected chi connectivity index (χ1v) is 14.1. The Kier molecular flexibility index (Phi) is 11.6. The zero-order valence-corrected chi connectivity index (χ0v) is 24.5. The van der Waals surface area contributed by atoms with Gasteiger partial charge < -0.3 is 29.0 Å². The summed E-state index contributed by atoms with van der Waals surface area (Å²) in [6.45, 7) is 1.55. The number of aliphatic hydroxyl groups excluding tert-OH is 1. The Morgan fingerprint density at radius 1 is 0.610 bits per heavy atom. The largest absolute Gasteiger partial charge is 0.457 e. The Morgan fingerprint density at radius 3 is 1.46 bits per heavy atom. The van der Waals surface area contributed by atoms with Gasteiger partial charge in [-0.25, -0.2) is 0 Å². The number of benzene rings is 4. The van der Waals surface area contributed by atoms with Crippen LogP contribution >= 0.6 is 0 Å². The summed E-state index contributed by atoms with van der Waals surface area (Å²) in [5.74, 6) is 1.51. The van der Waals surface area contributed by atoms with Gasteiger partial charge in [-0.1, -0.05) is 84.9 Å². The molecule has 4 aromatic rings. The highest BCUT2D eigenvalue weighted by atomic mass is 16.5. The third kappa shape index (κ3) is 9.05. The highest BCUT2D eigenvalue weighted by molar-refractivity contribution is 6.80. The van der Waals surface area contributed by atoms with Crippen LogP contribution in [0.25, 0.3) is 0 Å². The van der Waals surface area contributed by atoms with E-state index in [2.05, 4.69) is 41.3 Å². The molecule has 0 saturated heterocycles. The molecule has 0 saturated carbocycles. The van der Waals surface area contributed by atoms with Crippen molar-refractivity contribution in [3.8, 4) is 11.5 Å². The molecule has 0 radical (unpaired) electrons. The molecule has 0 aromatic heterocycles. The fourth-order valence-corrected chi connectivity index (χ4v) is 4.51. The van der Waals surface area contributed by atoms with E-state index >= 15 is 0 Å². The molecule has 0 aliphatic heterocycles. The number of rotatable bonds is 15. The maximum atomic E-state index is 9.74. The van der Waals surface area contributed by atoms with E-state index in [1.54, 1.807) is 0 Å². The van der Waals surface area contributed by atoms with Crippen molar-refractivity contribution in [2.45, 2.75) is 6.04 Å². The highest BCUT2D eigenvalue weighted by Crippen LogP contribution is 2.19. The molecule has 4 rings (SSSR count). The molecule has 41 heavy (non-hydrogen) atoms. The molecular formula is C33H40B2N2O4. The van der Waals surface area contributed by atoms with Crippen LogP contribution in [-0.4, -0.2) is 89.3 Å². The van der Waals surface area contributed by atoms with Crippen LogP contribution in [0.4, 0.5) is 0 Å². The summed E-state index contributed by atoms with van der Waals surface area (Å²) >= 11 is 0. The molecule has 0 heterocycles. The van der Waals surface area contributed by atoms with Gasteiger partial charge in [-0.3, -0.25) is 0 Å². The van der Waals surface area contributed by atoms with E-state index in [0.717, 1.165) is 39.9 Å². The van der Waals surface area contributed by atoms with Crippen molar-refractivity contribution in [2.75, 3.05) is 54.6 Å². The monoisotopic (exact) mass is 550 g/mol. The summed E-state index contributed by atoms with van der Waals surface area (Å²) in [4.78, 5) is 4.09. The Morgan fingerprint density at radius 2 is 1.05 bits per heavy atom. The van der Waals surface area contributed by atoms with Gasteiger partial charge in [0.25, 0.3) is 0 Å². The van der Waals surface area contributed by atoms with Crippen LogP contribution in [0, 0.1) is 0 Å². The topological polar surface area (TPSA) is 54.4 Å². The van der Waals surface area contributed by atoms with Gasteiger partial charge in [-0.15, -0.1) is 0 Å². The smallest absolute Gasteiger partial charge is 0.361 e. The molecule has 0 bridgehead atoms. The molecule has 4 aromatic carbocycles. The van der Waals surface area contributed by atoms with Gasteiger partial charge in [0, 0.05) is 19.8 Å². The highest BCUT2D eigenvalue weighted by Gasteiger charge is 2.24. The zero-order chi connectivity index (χ0) is 29.0. The molecular weight excluding hydrogens is 510 g/mol. The number of nitrogens with zero attached hydrogens (tertiary/aromatic N) is 2. The van der Waals surface area contributed by atoms with E-state index in [-0.39, 0.29) is 26.5 Å². The van der Waals surface area contributed by atoms with Gasteiger partial charge in [0.15, 0.2) is 0 Å². The Balaban J connectivity index is 1.46. The van der Waals surface area contributed by atoms with Gasteiger partial charge in [0.05, 0.1) is 12.6 Å². The number of hydrogen-bond donors (Lipinski definition) is 1. The third-order valence-electron chi connectivity index (χ3n) is 7.03. The van der Waals surface area contributed by atoms with Crippen LogP contribution in [0.1, 0.15) is 0 Å². The molecule has 1 N–H and O–H groups in total. The minimum atomic E-state index is -0.249. The molecule has 212 valence electrons. The lowest BCUT2D eigenvalue weighted by molar-refractivity contribution is 0.120. The second kappa shape index (κ2) is 15.6. The minimum absolute atomic E-state index is 0.0361. The fourth-order valence-electron chi connectivity index (χ4n) is 4.51. The van der Waals surface area contributed by atoms with Gasteiger partial charge >= 0.3 is 13.8 Å². The lowest BCUT2D eigenvalue weighted by Crippen LogP contribution is -2.48. The summed E-state index contributed by atoms with van der Waals surface area (Å²) in [5, 5.41) is 9.74. The van der Waals surface area contributed by atoms with Gasteiger partial charge in [-0.2, -0.15) is 0 Å². The molecule has 1 unspecified atom stereocenters. The Hall–Kier alpha value is -3.39. The maximum Gasteiger partial charge on any atom is 0.361 e. The van der Waals surface area contributed by atoms with E-state index < -0.39 is 0 Å². The first kappa shape index (κ1) is 30.6. The number of likely N-dealkylation sites (N-methyl/N-ethyl adjacent to an activating group) is 2. The van der Waals surface area contributed by atoms with Crippen LogP contribution in [-0.2, 0) is 9.31 Å². The molecule has 8 heteroatoms. The maximum absolute atomic E-state index is 9.74. The van der Waals surface area contributed by atoms with Gasteiger partial charge in [-0.05, 0) is 74.3 Å². The average molecular weight is 550 g/mol. The van der Waals surface area contributed by atoms with Gasteiger partial charge in [0.2, 0.25) is 0 Å². The van der Waals surface area contributed by atoms with E-state index in [1.165, 1.54) is 0 Å². The summed E-state index contributed by atoms with van der Waals surface area (Å²) < 4.78 is 18.8. The third-order valence-corrected chi connectivity index (χ3v) is 7.03. The lowest BCUT2D eigenvalue weighted by Gasteiger charge is -2.24. The lowest BCUT2D eigenvalue weighted by atomic mass is 9.55. The second-order valence-corrected chi connectivity index (χ2v) is 10.6. The van der Waals surface area contributed by atoms with Crippen LogP contribution in [0.5, 0.6) is 11.5 Å². The normalized spacial score (nSPS) is 12.0. The molecule has 0 aliphatic carbocycles. The fraction of sp³-hybridized carbons (Fsp3) is 0.273. The van der Waals surface area contributed by atoms with Crippen molar-refractivity contribution in [1.29, 1.82) is 0 Å². The van der Waals surface area contributed by atoms with Crippen molar-refractivity contribution in [1.82, 2.24) is 9.80 Å². The molecule has 0 aliphatic rings. The quantitative estimate of drug-likeness (QED) is 0.229. The van der Waals surface area contributed by atoms with E-state index in [9.17, 15) is 5.11 Å². The average Bonchev–Trinajstić information content (AvgIpc) is 2.99. The van der Waals surface area contributed by atoms with Crippen LogP contribution in [0.2, 0.25) is 0 Å². The van der Waals surface area contributed by atoms with E-state index in [1.807, 2.05) is 106 Å². The van der Waals surface area contributed by atoms with Crippen LogP contribution < -0.4 is 26.6 Å². The Bertz CT molecular complexity index is 1290. The SMILES string of the molecule is CN(C)CCOB(c1ccccc1)c1ccc(Oc2ccc(B(OCC(CO)N(C)C)c3ccccc3)cc2)cc1. The summed E-state index contributed by atoms with van der Waals surface area (Å²) in [7, 11) is 7.99. The van der Waals surface area contributed by atoms with Crippen molar-refractivity contribution in [3.05, 3.63) is 109 Å². The predicted molar refractivity (Wildman–Crippen MR) is 171 cm³/mol. The number of aliphatic hydroxyl groups is 1. The molecule has 0 amide bonds. The summed E-state index contributed by atoms with van der Waals surface area (Å²) in [5.41, 5.74) is 4.30. The first-order chi connectivity index (χ1) is 19.9. The number of hydrogen-bond acceptors (Lipinski definition) is 6. The molecule has 0 spiro atoms. The van der Waals surface area contributed by atoms with Crippen molar-refractivity contribution >= 4 is 35.7 Å². The van der Waals surface area contributed by atoms with E-state index in [4.69, 9.17) is 14.0 Å². The summed E-state index contributed by atoms with van der Waals surface area (Å²) in [6, 6.07) is 36.5. The van der Waals surface area contributed by atoms with Crippen molar-refractivity contribution < 1.29 is 19.2 Å². The van der Waals surface area contributed by atoms with Crippen molar-refractivity contribution in [2.24, 2.45) is 0 Å². The summed E-state index contributed by atoms with van der Waals surface area (Å²) in [6.07, 6.45) is 0. The second-order valence-electron chi connectivity index (χ2n) is 10.6. The first-order valence-electron chi connectivity index (χ1n) is 14.1. The van der Waals surface area contributed by atoms with Gasteiger partial charge in [0.1, 0.15) is 11.5 Å². The Labute approximate surface area is 245 Å². The molecule has 0 fully saturated rings. The molecule has 1 atom stereocenters.